The van der Waals surface area contributed by atoms with Gasteiger partial charge in [-0.05, 0) is 63.5 Å². The Bertz CT molecular complexity index is 650. The van der Waals surface area contributed by atoms with Gasteiger partial charge in [0.05, 0.1) is 10.5 Å². The Balaban J connectivity index is 2.04. The summed E-state index contributed by atoms with van der Waals surface area (Å²) in [6.45, 7) is 11.9. The zero-order chi connectivity index (χ0) is 18.0. The van der Waals surface area contributed by atoms with Gasteiger partial charge in [-0.15, -0.1) is 0 Å². The van der Waals surface area contributed by atoms with E-state index in [9.17, 15) is 8.42 Å². The molecule has 1 aliphatic rings. The van der Waals surface area contributed by atoms with Crippen LogP contribution in [0.1, 0.15) is 52.5 Å². The number of hydrogen-bond acceptors (Lipinski definition) is 3. The maximum Gasteiger partial charge on any atom is 0.240 e. The van der Waals surface area contributed by atoms with Crippen molar-refractivity contribution >= 4 is 10.0 Å². The van der Waals surface area contributed by atoms with Gasteiger partial charge in [-0.1, -0.05) is 31.5 Å². The number of ether oxygens (including phenoxy) is 1. The van der Waals surface area contributed by atoms with Gasteiger partial charge in [0.2, 0.25) is 10.0 Å². The van der Waals surface area contributed by atoms with E-state index in [0.29, 0.717) is 17.4 Å². The molecule has 1 N–H and O–H groups in total. The highest BCUT2D eigenvalue weighted by Crippen LogP contribution is 2.46. The second kappa shape index (κ2) is 7.14. The van der Waals surface area contributed by atoms with Gasteiger partial charge < -0.3 is 4.74 Å². The molecule has 24 heavy (non-hydrogen) atoms. The molecule has 5 heteroatoms. The highest BCUT2D eigenvalue weighted by atomic mass is 32.2. The molecule has 2 rings (SSSR count). The van der Waals surface area contributed by atoms with E-state index < -0.39 is 10.0 Å². The highest BCUT2D eigenvalue weighted by Gasteiger charge is 2.42. The molecule has 1 heterocycles. The second-order valence-electron chi connectivity index (χ2n) is 8.01. The van der Waals surface area contributed by atoms with Crippen molar-refractivity contribution in [3.8, 4) is 0 Å². The molecule has 1 fully saturated rings. The lowest BCUT2D eigenvalue weighted by atomic mass is 9.65. The summed E-state index contributed by atoms with van der Waals surface area (Å²) < 4.78 is 33.5. The minimum atomic E-state index is -3.44. The number of aryl methyl sites for hydroxylation is 1. The lowest BCUT2D eigenvalue weighted by molar-refractivity contribution is -0.120. The van der Waals surface area contributed by atoms with Gasteiger partial charge in [0, 0.05) is 13.2 Å². The average molecular weight is 354 g/mol. The van der Waals surface area contributed by atoms with Crippen molar-refractivity contribution in [1.29, 1.82) is 0 Å². The normalized spacial score (nSPS) is 24.2. The van der Waals surface area contributed by atoms with E-state index in [0.717, 1.165) is 31.4 Å². The first-order chi connectivity index (χ1) is 11.1. The van der Waals surface area contributed by atoms with Gasteiger partial charge in [-0.3, -0.25) is 0 Å². The van der Waals surface area contributed by atoms with Crippen molar-refractivity contribution in [3.05, 3.63) is 29.8 Å². The first-order valence-electron chi connectivity index (χ1n) is 8.77. The molecule has 0 aromatic heterocycles. The van der Waals surface area contributed by atoms with Gasteiger partial charge in [0.1, 0.15) is 0 Å². The van der Waals surface area contributed by atoms with Crippen LogP contribution in [0.2, 0.25) is 0 Å². The van der Waals surface area contributed by atoms with Gasteiger partial charge >= 0.3 is 0 Å². The molecule has 1 atom stereocenters. The van der Waals surface area contributed by atoms with Gasteiger partial charge in [0.25, 0.3) is 0 Å². The Labute approximate surface area is 147 Å². The Morgan fingerprint density at radius 1 is 1.21 bits per heavy atom. The van der Waals surface area contributed by atoms with Crippen LogP contribution in [-0.2, 0) is 14.8 Å². The zero-order valence-corrected chi connectivity index (χ0v) is 16.4. The van der Waals surface area contributed by atoms with Crippen LogP contribution in [-0.4, -0.2) is 27.2 Å². The quantitative estimate of drug-likeness (QED) is 0.844. The summed E-state index contributed by atoms with van der Waals surface area (Å²) in [7, 11) is -3.44. The van der Waals surface area contributed by atoms with Crippen molar-refractivity contribution in [3.63, 3.8) is 0 Å². The monoisotopic (exact) mass is 353 g/mol. The summed E-state index contributed by atoms with van der Waals surface area (Å²) in [6, 6.07) is 6.97. The predicted molar refractivity (Wildman–Crippen MR) is 97.5 cm³/mol. The average Bonchev–Trinajstić information content (AvgIpc) is 2.46. The Kier molecular flexibility index (Phi) is 5.78. The highest BCUT2D eigenvalue weighted by molar-refractivity contribution is 7.89. The van der Waals surface area contributed by atoms with Crippen LogP contribution in [0, 0.1) is 18.3 Å². The van der Waals surface area contributed by atoms with Crippen molar-refractivity contribution in [2.24, 2.45) is 11.3 Å². The van der Waals surface area contributed by atoms with Crippen LogP contribution in [0.3, 0.4) is 0 Å². The first kappa shape index (κ1) is 19.4. The summed E-state index contributed by atoms with van der Waals surface area (Å²) in [5, 5.41) is 0. The maximum absolute atomic E-state index is 12.5. The third kappa shape index (κ3) is 4.58. The van der Waals surface area contributed by atoms with Gasteiger partial charge in [0.15, 0.2) is 0 Å². The van der Waals surface area contributed by atoms with Crippen LogP contribution in [0.4, 0.5) is 0 Å². The minimum Gasteiger partial charge on any atom is -0.376 e. The summed E-state index contributed by atoms with van der Waals surface area (Å²) in [5.41, 5.74) is 1.03. The van der Waals surface area contributed by atoms with Crippen molar-refractivity contribution < 1.29 is 13.2 Å². The third-order valence-corrected chi connectivity index (χ3v) is 6.82. The molecule has 136 valence electrons. The second-order valence-corrected chi connectivity index (χ2v) is 9.78. The van der Waals surface area contributed by atoms with Crippen LogP contribution < -0.4 is 4.72 Å². The summed E-state index contributed by atoms with van der Waals surface area (Å²) >= 11 is 0. The molecular weight excluding hydrogens is 322 g/mol. The lowest BCUT2D eigenvalue weighted by Crippen LogP contribution is -2.45. The molecule has 1 aromatic carbocycles. The standard InChI is InChI=1S/C19H31NO3S/c1-15(2)19(11-13-23-18(4,5)14-19)10-12-20-24(21,22)17-8-6-16(3)7-9-17/h6-9,15,20H,10-14H2,1-5H3/t19-/m1/s1. The van der Waals surface area contributed by atoms with E-state index >= 15 is 0 Å². The van der Waals surface area contributed by atoms with Crippen LogP contribution >= 0.6 is 0 Å². The fourth-order valence-corrected chi connectivity index (χ4v) is 4.78. The van der Waals surface area contributed by atoms with Crippen LogP contribution in [0.25, 0.3) is 0 Å². The topological polar surface area (TPSA) is 55.4 Å². The maximum atomic E-state index is 12.5. The molecule has 0 amide bonds. The van der Waals surface area contributed by atoms with Crippen molar-refractivity contribution in [2.75, 3.05) is 13.2 Å². The van der Waals surface area contributed by atoms with Crippen LogP contribution in [0.15, 0.2) is 29.2 Å². The third-order valence-electron chi connectivity index (χ3n) is 5.34. The van der Waals surface area contributed by atoms with E-state index in [1.807, 2.05) is 19.1 Å². The SMILES string of the molecule is Cc1ccc(S(=O)(=O)NCC[C@@]2(C(C)C)CCOC(C)(C)C2)cc1. The Hall–Kier alpha value is -0.910. The molecule has 1 saturated heterocycles. The smallest absolute Gasteiger partial charge is 0.240 e. The molecule has 0 bridgehead atoms. The molecule has 0 saturated carbocycles. The summed E-state index contributed by atoms with van der Waals surface area (Å²) in [5.74, 6) is 0.490. The van der Waals surface area contributed by atoms with Crippen LogP contribution in [0.5, 0.6) is 0 Å². The molecular formula is C19H31NO3S. The Morgan fingerprint density at radius 3 is 2.38 bits per heavy atom. The fourth-order valence-electron chi connectivity index (χ4n) is 3.75. The Morgan fingerprint density at radius 2 is 1.83 bits per heavy atom. The molecule has 1 aliphatic heterocycles. The number of hydrogen-bond donors (Lipinski definition) is 1. The number of rotatable bonds is 6. The minimum absolute atomic E-state index is 0.123. The summed E-state index contributed by atoms with van der Waals surface area (Å²) in [4.78, 5) is 0.332. The number of nitrogens with one attached hydrogen (secondary N) is 1. The molecule has 0 aliphatic carbocycles. The van der Waals surface area contributed by atoms with Crippen molar-refractivity contribution in [1.82, 2.24) is 4.72 Å². The van der Waals surface area contributed by atoms with E-state index in [4.69, 9.17) is 4.74 Å². The number of benzene rings is 1. The van der Waals surface area contributed by atoms with Gasteiger partial charge in [-0.2, -0.15) is 0 Å². The molecule has 4 nitrogen and oxygen atoms in total. The van der Waals surface area contributed by atoms with Crippen molar-refractivity contribution in [2.45, 2.75) is 64.4 Å². The number of sulfonamides is 1. The lowest BCUT2D eigenvalue weighted by Gasteiger charge is -2.47. The zero-order valence-electron chi connectivity index (χ0n) is 15.6. The summed E-state index contributed by atoms with van der Waals surface area (Å²) in [6.07, 6.45) is 2.78. The molecule has 0 radical (unpaired) electrons. The van der Waals surface area contributed by atoms with E-state index in [1.165, 1.54) is 0 Å². The first-order valence-corrected chi connectivity index (χ1v) is 10.3. The predicted octanol–water partition coefficient (Wildman–Crippen LogP) is 3.89. The van der Waals surface area contributed by atoms with E-state index in [2.05, 4.69) is 32.4 Å². The van der Waals surface area contributed by atoms with E-state index in [1.54, 1.807) is 12.1 Å². The molecule has 0 spiro atoms. The molecule has 1 aromatic rings. The molecule has 0 unspecified atom stereocenters. The van der Waals surface area contributed by atoms with E-state index in [-0.39, 0.29) is 11.0 Å². The fraction of sp³-hybridized carbons (Fsp3) is 0.684. The van der Waals surface area contributed by atoms with Gasteiger partial charge in [-0.25, -0.2) is 13.1 Å². The largest absolute Gasteiger partial charge is 0.376 e.